The fraction of sp³-hybridized carbons (Fsp3) is 0.333. The van der Waals surface area contributed by atoms with E-state index in [1.54, 1.807) is 6.20 Å². The summed E-state index contributed by atoms with van der Waals surface area (Å²) >= 11 is 3.44. The number of aromatic nitrogens is 2. The van der Waals surface area contributed by atoms with E-state index in [9.17, 15) is 4.79 Å². The molecule has 4 nitrogen and oxygen atoms in total. The third-order valence-corrected chi connectivity index (χ3v) is 4.04. The number of carbonyl (C=O) groups is 1. The summed E-state index contributed by atoms with van der Waals surface area (Å²) < 4.78 is 0. The third-order valence-electron chi connectivity index (χ3n) is 3.12. The average Bonchev–Trinajstić information content (AvgIpc) is 2.93. The molecule has 0 aliphatic carbocycles. The Morgan fingerprint density at radius 2 is 2.47 bits per heavy atom. The minimum absolute atomic E-state index is 0.186. The first-order chi connectivity index (χ1) is 8.28. The van der Waals surface area contributed by atoms with Crippen LogP contribution in [0.2, 0.25) is 0 Å². The zero-order chi connectivity index (χ0) is 11.8. The summed E-state index contributed by atoms with van der Waals surface area (Å²) in [6.45, 7) is 0.779. The molecule has 1 saturated heterocycles. The summed E-state index contributed by atoms with van der Waals surface area (Å²) in [6.07, 6.45) is 4.23. The van der Waals surface area contributed by atoms with E-state index >= 15 is 0 Å². The van der Waals surface area contributed by atoms with Gasteiger partial charge in [-0.3, -0.25) is 4.79 Å². The molecule has 1 N–H and O–H groups in total. The van der Waals surface area contributed by atoms with Crippen LogP contribution in [0.15, 0.2) is 24.5 Å². The lowest BCUT2D eigenvalue weighted by Gasteiger charge is -2.15. The molecule has 0 radical (unpaired) electrons. The SMILES string of the molecule is O=C1CC(CBr)CN1c1cnc2[nH]ccc2c1. The minimum Gasteiger partial charge on any atom is -0.346 e. The Morgan fingerprint density at radius 3 is 3.24 bits per heavy atom. The van der Waals surface area contributed by atoms with Gasteiger partial charge in [-0.25, -0.2) is 4.98 Å². The van der Waals surface area contributed by atoms with Gasteiger partial charge in [-0.15, -0.1) is 0 Å². The minimum atomic E-state index is 0.186. The number of fused-ring (bicyclic) bond motifs is 1. The summed E-state index contributed by atoms with van der Waals surface area (Å²) in [6, 6.07) is 3.97. The molecular formula is C12H12BrN3O. The van der Waals surface area contributed by atoms with Crippen LogP contribution in [-0.4, -0.2) is 27.7 Å². The molecule has 0 spiro atoms. The van der Waals surface area contributed by atoms with Crippen LogP contribution in [0.5, 0.6) is 0 Å². The van der Waals surface area contributed by atoms with Gasteiger partial charge in [-0.2, -0.15) is 0 Å². The van der Waals surface area contributed by atoms with E-state index in [-0.39, 0.29) is 5.91 Å². The molecular weight excluding hydrogens is 282 g/mol. The van der Waals surface area contributed by atoms with Crippen molar-refractivity contribution in [2.45, 2.75) is 6.42 Å². The van der Waals surface area contributed by atoms with Gasteiger partial charge < -0.3 is 9.88 Å². The van der Waals surface area contributed by atoms with E-state index in [0.717, 1.165) is 28.6 Å². The van der Waals surface area contributed by atoms with E-state index in [4.69, 9.17) is 0 Å². The van der Waals surface area contributed by atoms with Crippen molar-refractivity contribution in [1.82, 2.24) is 9.97 Å². The first-order valence-corrected chi connectivity index (χ1v) is 6.69. The standard InChI is InChI=1S/C12H12BrN3O/c13-5-8-3-11(17)16(7-8)10-4-9-1-2-14-12(9)15-6-10/h1-2,4,6,8H,3,5,7H2,(H,14,15). The van der Waals surface area contributed by atoms with Crippen LogP contribution in [0, 0.1) is 5.92 Å². The number of carbonyl (C=O) groups excluding carboxylic acids is 1. The van der Waals surface area contributed by atoms with Crippen LogP contribution in [0.4, 0.5) is 5.69 Å². The third kappa shape index (κ3) is 1.84. The monoisotopic (exact) mass is 293 g/mol. The number of hydrogen-bond acceptors (Lipinski definition) is 2. The van der Waals surface area contributed by atoms with Gasteiger partial charge in [0.2, 0.25) is 5.91 Å². The highest BCUT2D eigenvalue weighted by Gasteiger charge is 2.30. The second kappa shape index (κ2) is 4.14. The first-order valence-electron chi connectivity index (χ1n) is 5.57. The molecule has 2 aromatic heterocycles. The smallest absolute Gasteiger partial charge is 0.227 e. The molecule has 3 rings (SSSR count). The lowest BCUT2D eigenvalue weighted by atomic mass is 10.2. The molecule has 1 aliphatic rings. The summed E-state index contributed by atoms with van der Waals surface area (Å²) in [4.78, 5) is 21.1. The number of hydrogen-bond donors (Lipinski definition) is 1. The van der Waals surface area contributed by atoms with Crippen LogP contribution in [0.25, 0.3) is 11.0 Å². The zero-order valence-corrected chi connectivity index (χ0v) is 10.8. The molecule has 1 fully saturated rings. The van der Waals surface area contributed by atoms with Gasteiger partial charge in [-0.05, 0) is 18.1 Å². The number of pyridine rings is 1. The number of rotatable bonds is 2. The van der Waals surface area contributed by atoms with Crippen molar-refractivity contribution in [3.63, 3.8) is 0 Å². The molecule has 0 aromatic carbocycles. The van der Waals surface area contributed by atoms with Gasteiger partial charge in [0, 0.05) is 29.9 Å². The molecule has 2 aromatic rings. The topological polar surface area (TPSA) is 49.0 Å². The van der Waals surface area contributed by atoms with Gasteiger partial charge >= 0.3 is 0 Å². The fourth-order valence-corrected chi connectivity index (χ4v) is 2.64. The lowest BCUT2D eigenvalue weighted by molar-refractivity contribution is -0.117. The van der Waals surface area contributed by atoms with Crippen LogP contribution in [0.1, 0.15) is 6.42 Å². The van der Waals surface area contributed by atoms with E-state index in [2.05, 4.69) is 25.9 Å². The summed E-state index contributed by atoms with van der Waals surface area (Å²) in [5.74, 6) is 0.593. The van der Waals surface area contributed by atoms with Crippen molar-refractivity contribution in [1.29, 1.82) is 0 Å². The second-order valence-corrected chi connectivity index (χ2v) is 4.99. The van der Waals surface area contributed by atoms with E-state index in [0.29, 0.717) is 12.3 Å². The van der Waals surface area contributed by atoms with Crippen molar-refractivity contribution in [2.24, 2.45) is 5.92 Å². The molecule has 17 heavy (non-hydrogen) atoms. The van der Waals surface area contributed by atoms with E-state index in [1.807, 2.05) is 23.2 Å². The molecule has 0 saturated carbocycles. The summed E-state index contributed by atoms with van der Waals surface area (Å²) in [5, 5.41) is 1.91. The Hall–Kier alpha value is -1.36. The first kappa shape index (κ1) is 10.8. The Morgan fingerprint density at radius 1 is 1.59 bits per heavy atom. The van der Waals surface area contributed by atoms with Crippen LogP contribution < -0.4 is 4.90 Å². The molecule has 1 aliphatic heterocycles. The highest BCUT2D eigenvalue weighted by molar-refractivity contribution is 9.09. The van der Waals surface area contributed by atoms with Crippen LogP contribution >= 0.6 is 15.9 Å². The molecule has 3 heterocycles. The van der Waals surface area contributed by atoms with Crippen LogP contribution in [-0.2, 0) is 4.79 Å². The molecule has 88 valence electrons. The average molecular weight is 294 g/mol. The molecule has 1 amide bonds. The Kier molecular flexibility index (Phi) is 2.63. The number of anilines is 1. The molecule has 5 heteroatoms. The van der Waals surface area contributed by atoms with Crippen molar-refractivity contribution < 1.29 is 4.79 Å². The maximum Gasteiger partial charge on any atom is 0.227 e. The zero-order valence-electron chi connectivity index (χ0n) is 9.19. The summed E-state index contributed by atoms with van der Waals surface area (Å²) in [5.41, 5.74) is 1.75. The number of alkyl halides is 1. The van der Waals surface area contributed by atoms with Crippen molar-refractivity contribution in [3.8, 4) is 0 Å². The van der Waals surface area contributed by atoms with Crippen molar-refractivity contribution >= 4 is 38.6 Å². The van der Waals surface area contributed by atoms with E-state index in [1.165, 1.54) is 0 Å². The van der Waals surface area contributed by atoms with Crippen LogP contribution in [0.3, 0.4) is 0 Å². The normalized spacial score (nSPS) is 20.4. The maximum absolute atomic E-state index is 11.9. The molecule has 0 bridgehead atoms. The molecule has 1 atom stereocenters. The largest absolute Gasteiger partial charge is 0.346 e. The highest BCUT2D eigenvalue weighted by Crippen LogP contribution is 2.27. The lowest BCUT2D eigenvalue weighted by Crippen LogP contribution is -2.24. The number of nitrogens with one attached hydrogen (secondary N) is 1. The number of aromatic amines is 1. The second-order valence-electron chi connectivity index (χ2n) is 4.34. The predicted molar refractivity (Wildman–Crippen MR) is 70.3 cm³/mol. The Bertz CT molecular complexity index is 566. The Labute approximate surface area is 107 Å². The van der Waals surface area contributed by atoms with E-state index < -0.39 is 0 Å². The van der Waals surface area contributed by atoms with Crippen molar-refractivity contribution in [2.75, 3.05) is 16.8 Å². The van der Waals surface area contributed by atoms with Gasteiger partial charge in [0.25, 0.3) is 0 Å². The van der Waals surface area contributed by atoms with Gasteiger partial charge in [0.05, 0.1) is 11.9 Å². The number of H-pyrrole nitrogens is 1. The molecule has 1 unspecified atom stereocenters. The summed E-state index contributed by atoms with van der Waals surface area (Å²) in [7, 11) is 0. The van der Waals surface area contributed by atoms with Gasteiger partial charge in [0.1, 0.15) is 5.65 Å². The quantitative estimate of drug-likeness (QED) is 0.864. The number of amides is 1. The number of halogens is 1. The predicted octanol–water partition coefficient (Wildman–Crippen LogP) is 2.31. The van der Waals surface area contributed by atoms with Crippen molar-refractivity contribution in [3.05, 3.63) is 24.5 Å². The number of nitrogens with zero attached hydrogens (tertiary/aromatic N) is 2. The fourth-order valence-electron chi connectivity index (χ4n) is 2.21. The Balaban J connectivity index is 1.95. The maximum atomic E-state index is 11.9. The highest BCUT2D eigenvalue weighted by atomic mass is 79.9. The van der Waals surface area contributed by atoms with Gasteiger partial charge in [-0.1, -0.05) is 15.9 Å². The van der Waals surface area contributed by atoms with Gasteiger partial charge in [0.15, 0.2) is 0 Å².